The molecule has 7 nitrogen and oxygen atoms in total. The van der Waals surface area contributed by atoms with Gasteiger partial charge in [-0.15, -0.1) is 0 Å². The number of nitrogens with zero attached hydrogens (tertiary/aromatic N) is 7. The summed E-state index contributed by atoms with van der Waals surface area (Å²) >= 11 is 6.12. The van der Waals surface area contributed by atoms with E-state index in [1.54, 1.807) is 23.0 Å². The quantitative estimate of drug-likeness (QED) is 0.397. The average molecular weight is 410 g/mol. The molecule has 0 fully saturated rings. The molecule has 30 heavy (non-hydrogen) atoms. The van der Waals surface area contributed by atoms with Crippen LogP contribution >= 0.6 is 11.6 Å². The lowest BCUT2D eigenvalue weighted by molar-refractivity contribution is 0.905. The van der Waals surface area contributed by atoms with Crippen LogP contribution < -0.4 is 0 Å². The number of aryl methyl sites for hydroxylation is 1. The fourth-order valence-corrected chi connectivity index (χ4v) is 4.13. The van der Waals surface area contributed by atoms with Crippen molar-refractivity contribution < 1.29 is 0 Å². The Morgan fingerprint density at radius 2 is 1.77 bits per heavy atom. The van der Waals surface area contributed by atoms with Crippen molar-refractivity contribution in [2.75, 3.05) is 0 Å². The topological polar surface area (TPSA) is 84.2 Å². The van der Waals surface area contributed by atoms with E-state index in [-0.39, 0.29) is 0 Å². The van der Waals surface area contributed by atoms with E-state index >= 15 is 0 Å². The van der Waals surface area contributed by atoms with Crippen molar-refractivity contribution >= 4 is 45.0 Å². The van der Waals surface area contributed by atoms with E-state index in [0.717, 1.165) is 27.5 Å². The maximum Gasteiger partial charge on any atom is 0.169 e. The average Bonchev–Trinajstić information content (AvgIpc) is 3.33. The Morgan fingerprint density at radius 1 is 0.967 bits per heavy atom. The first-order valence-electron chi connectivity index (χ1n) is 9.26. The summed E-state index contributed by atoms with van der Waals surface area (Å²) in [5.74, 6) is 0.625. The lowest BCUT2D eigenvalue weighted by Crippen LogP contribution is -2.02. The first kappa shape index (κ1) is 16.9. The van der Waals surface area contributed by atoms with Crippen LogP contribution in [0.4, 0.5) is 0 Å². The second-order valence-electron chi connectivity index (χ2n) is 7.00. The minimum Gasteiger partial charge on any atom is -0.275 e. The smallest absolute Gasteiger partial charge is 0.169 e. The largest absolute Gasteiger partial charge is 0.275 e. The van der Waals surface area contributed by atoms with Crippen LogP contribution in [0.1, 0.15) is 11.4 Å². The van der Waals surface area contributed by atoms with Crippen molar-refractivity contribution in [3.05, 3.63) is 71.3 Å². The lowest BCUT2D eigenvalue weighted by atomic mass is 9.98. The van der Waals surface area contributed by atoms with Crippen LogP contribution in [0.25, 0.3) is 44.5 Å². The van der Waals surface area contributed by atoms with Gasteiger partial charge in [0.1, 0.15) is 23.8 Å². The number of hydrogen-bond acceptors (Lipinski definition) is 5. The van der Waals surface area contributed by atoms with Gasteiger partial charge in [-0.2, -0.15) is 10.4 Å². The molecule has 0 amide bonds. The number of aromatic nitrogens is 6. The number of rotatable bonds is 1. The Labute approximate surface area is 174 Å². The minimum absolute atomic E-state index is 0.455. The Morgan fingerprint density at radius 3 is 2.57 bits per heavy atom. The molecule has 2 aromatic carbocycles. The zero-order chi connectivity index (χ0) is 20.4. The number of fused-ring (bicyclic) bond motifs is 7. The molecule has 0 atom stereocenters. The molecule has 0 bridgehead atoms. The van der Waals surface area contributed by atoms with Crippen LogP contribution in [0.2, 0.25) is 5.02 Å². The second-order valence-corrected chi connectivity index (χ2v) is 7.44. The molecule has 6 rings (SSSR count). The monoisotopic (exact) mass is 409 g/mol. The van der Waals surface area contributed by atoms with Crippen LogP contribution in [0.5, 0.6) is 0 Å². The highest BCUT2D eigenvalue weighted by molar-refractivity contribution is 6.30. The maximum atomic E-state index is 10.2. The van der Waals surface area contributed by atoms with E-state index < -0.39 is 0 Å². The molecule has 6 aromatic rings. The Hall–Kier alpha value is -4.02. The normalized spacial score (nSPS) is 11.6. The van der Waals surface area contributed by atoms with Gasteiger partial charge in [-0.3, -0.25) is 4.40 Å². The van der Waals surface area contributed by atoms with Crippen LogP contribution in [0, 0.1) is 18.3 Å². The van der Waals surface area contributed by atoms with Gasteiger partial charge in [0.2, 0.25) is 0 Å². The van der Waals surface area contributed by atoms with Crippen molar-refractivity contribution in [2.24, 2.45) is 0 Å². The number of pyridine rings is 1. The molecule has 4 heterocycles. The van der Waals surface area contributed by atoms with Crippen LogP contribution in [-0.4, -0.2) is 29.0 Å². The molecule has 0 spiro atoms. The summed E-state index contributed by atoms with van der Waals surface area (Å²) in [6.07, 6.45) is 1.64. The number of para-hydroxylation sites is 2. The van der Waals surface area contributed by atoms with Gasteiger partial charge in [0.25, 0.3) is 0 Å². The molecule has 142 valence electrons. The second kappa shape index (κ2) is 5.99. The van der Waals surface area contributed by atoms with E-state index in [4.69, 9.17) is 21.6 Å². The fraction of sp³-hybridized carbons (Fsp3) is 0.0455. The van der Waals surface area contributed by atoms with E-state index in [2.05, 4.69) is 16.2 Å². The SMILES string of the molecule is Cc1nc2c3c(-c4ccc(Cl)cc4)c(C#N)c4nc5ccccc5n4c3ncn2n1. The summed E-state index contributed by atoms with van der Waals surface area (Å²) < 4.78 is 3.57. The van der Waals surface area contributed by atoms with Crippen molar-refractivity contribution in [3.63, 3.8) is 0 Å². The number of hydrogen-bond donors (Lipinski definition) is 0. The van der Waals surface area contributed by atoms with Gasteiger partial charge in [0, 0.05) is 10.6 Å². The summed E-state index contributed by atoms with van der Waals surface area (Å²) in [7, 11) is 0. The van der Waals surface area contributed by atoms with Gasteiger partial charge in [-0.05, 0) is 36.8 Å². The van der Waals surface area contributed by atoms with Crippen molar-refractivity contribution in [1.82, 2.24) is 29.0 Å². The van der Waals surface area contributed by atoms with Crippen molar-refractivity contribution in [2.45, 2.75) is 6.92 Å². The van der Waals surface area contributed by atoms with Gasteiger partial charge in [0.05, 0.1) is 16.4 Å². The molecule has 0 aliphatic heterocycles. The fourth-order valence-electron chi connectivity index (χ4n) is 4.00. The third kappa shape index (κ3) is 2.19. The zero-order valence-corrected chi connectivity index (χ0v) is 16.5. The Kier molecular flexibility index (Phi) is 3.37. The highest BCUT2D eigenvalue weighted by Gasteiger charge is 2.23. The van der Waals surface area contributed by atoms with Crippen LogP contribution in [0.3, 0.4) is 0 Å². The number of benzene rings is 2. The van der Waals surface area contributed by atoms with Crippen molar-refractivity contribution in [1.29, 1.82) is 5.26 Å². The highest BCUT2D eigenvalue weighted by Crippen LogP contribution is 2.37. The van der Waals surface area contributed by atoms with Gasteiger partial charge in [-0.25, -0.2) is 19.5 Å². The number of imidazole rings is 1. The van der Waals surface area contributed by atoms with Gasteiger partial charge < -0.3 is 0 Å². The summed E-state index contributed by atoms with van der Waals surface area (Å²) in [4.78, 5) is 14.1. The Bertz CT molecular complexity index is 1670. The number of nitriles is 1. The van der Waals surface area contributed by atoms with Gasteiger partial charge in [-0.1, -0.05) is 35.9 Å². The molecular formula is C22H12ClN7. The van der Waals surface area contributed by atoms with Crippen LogP contribution in [-0.2, 0) is 0 Å². The molecule has 0 saturated carbocycles. The minimum atomic E-state index is 0.455. The maximum absolute atomic E-state index is 10.2. The molecule has 0 aliphatic carbocycles. The molecule has 0 aliphatic rings. The molecule has 8 heteroatoms. The predicted molar refractivity (Wildman–Crippen MR) is 114 cm³/mol. The van der Waals surface area contributed by atoms with Crippen molar-refractivity contribution in [3.8, 4) is 17.2 Å². The zero-order valence-electron chi connectivity index (χ0n) is 15.7. The summed E-state index contributed by atoms with van der Waals surface area (Å²) in [5, 5.41) is 16.0. The third-order valence-electron chi connectivity index (χ3n) is 5.21. The first-order chi connectivity index (χ1) is 14.7. The van der Waals surface area contributed by atoms with Gasteiger partial charge >= 0.3 is 0 Å². The summed E-state index contributed by atoms with van der Waals surface area (Å²) in [6, 6.07) is 17.5. The van der Waals surface area contributed by atoms with E-state index in [1.165, 1.54) is 0 Å². The molecular weight excluding hydrogens is 398 g/mol. The van der Waals surface area contributed by atoms with E-state index in [0.29, 0.717) is 33.4 Å². The number of halogens is 1. The molecule has 4 aromatic heterocycles. The standard InChI is InChI=1S/C22H12ClN7/c1-12-26-22-19-18(13-6-8-14(23)9-7-13)15(10-24)20-27-16-4-2-3-5-17(16)30(20)21(19)25-11-29(22)28-12/h2-9,11H,1H3. The molecule has 0 N–H and O–H groups in total. The Balaban J connectivity index is 1.96. The summed E-state index contributed by atoms with van der Waals surface area (Å²) in [5.41, 5.74) is 5.55. The van der Waals surface area contributed by atoms with Crippen LogP contribution in [0.15, 0.2) is 54.9 Å². The molecule has 0 radical (unpaired) electrons. The predicted octanol–water partition coefficient (Wildman–Crippen LogP) is 4.58. The highest BCUT2D eigenvalue weighted by atomic mass is 35.5. The lowest BCUT2D eigenvalue weighted by Gasteiger charge is -2.12. The van der Waals surface area contributed by atoms with E-state index in [1.807, 2.05) is 47.7 Å². The third-order valence-corrected chi connectivity index (χ3v) is 5.47. The van der Waals surface area contributed by atoms with Gasteiger partial charge in [0.15, 0.2) is 16.9 Å². The molecule has 0 unspecified atom stereocenters. The molecule has 0 saturated heterocycles. The van der Waals surface area contributed by atoms with E-state index in [9.17, 15) is 5.26 Å². The first-order valence-corrected chi connectivity index (χ1v) is 9.64. The summed E-state index contributed by atoms with van der Waals surface area (Å²) in [6.45, 7) is 1.83.